The zero-order valence-corrected chi connectivity index (χ0v) is 11.6. The van der Waals surface area contributed by atoms with Gasteiger partial charge in [0, 0.05) is 18.3 Å². The number of amides is 1. The van der Waals surface area contributed by atoms with E-state index in [1.807, 2.05) is 31.2 Å². The van der Waals surface area contributed by atoms with Crippen LogP contribution in [0.3, 0.4) is 0 Å². The minimum Gasteiger partial charge on any atom is -0.348 e. The summed E-state index contributed by atoms with van der Waals surface area (Å²) in [5, 5.41) is 2.90. The third kappa shape index (κ3) is 3.17. The fraction of sp³-hybridized carbons (Fsp3) is 0.143. The number of hydrogen-bond donors (Lipinski definition) is 1. The second-order valence-electron chi connectivity index (χ2n) is 3.98. The fourth-order valence-electron chi connectivity index (χ4n) is 1.63. The first-order chi connectivity index (χ1) is 8.66. The lowest BCUT2D eigenvalue weighted by Gasteiger charge is -2.07. The average Bonchev–Trinajstić information content (AvgIpc) is 2.37. The number of carbonyl (C=O) groups is 1. The second-order valence-corrected chi connectivity index (χ2v) is 4.79. The number of nitrogens with one attached hydrogen (secondary N) is 1. The number of aromatic nitrogens is 1. The second kappa shape index (κ2) is 5.78. The Bertz CT molecular complexity index is 569. The molecule has 92 valence electrons. The molecule has 18 heavy (non-hydrogen) atoms. The summed E-state index contributed by atoms with van der Waals surface area (Å²) < 4.78 is 0.658. The predicted molar refractivity (Wildman–Crippen MR) is 74.3 cm³/mol. The summed E-state index contributed by atoms with van der Waals surface area (Å²) in [7, 11) is 0. The van der Waals surface area contributed by atoms with Gasteiger partial charge in [-0.3, -0.25) is 4.79 Å². The first-order valence-electron chi connectivity index (χ1n) is 5.61. The molecule has 0 atom stereocenters. The van der Waals surface area contributed by atoms with Crippen LogP contribution in [0.1, 0.15) is 21.5 Å². The lowest BCUT2D eigenvalue weighted by atomic mass is 10.1. The van der Waals surface area contributed by atoms with Gasteiger partial charge in [0.2, 0.25) is 0 Å². The molecule has 0 saturated carbocycles. The molecular formula is C14H13BrN2O. The quantitative estimate of drug-likeness (QED) is 0.886. The summed E-state index contributed by atoms with van der Waals surface area (Å²) in [4.78, 5) is 15.9. The van der Waals surface area contributed by atoms with Crippen LogP contribution in [0.25, 0.3) is 0 Å². The van der Waals surface area contributed by atoms with E-state index in [-0.39, 0.29) is 5.91 Å². The summed E-state index contributed by atoms with van der Waals surface area (Å²) in [6.45, 7) is 2.57. The minimum atomic E-state index is -0.0960. The summed E-state index contributed by atoms with van der Waals surface area (Å²) in [6, 6.07) is 11.4. The molecule has 1 aromatic carbocycles. The minimum absolute atomic E-state index is 0.0960. The molecular weight excluding hydrogens is 292 g/mol. The standard InChI is InChI=1S/C14H13BrN2O/c1-10-4-2-3-5-12(10)9-17-14(18)11-6-7-16-13(15)8-11/h2-8H,9H2,1H3,(H,17,18). The van der Waals surface area contributed by atoms with Crippen LogP contribution in [0.4, 0.5) is 0 Å². The normalized spacial score (nSPS) is 10.1. The Hall–Kier alpha value is -1.68. The lowest BCUT2D eigenvalue weighted by Crippen LogP contribution is -2.23. The lowest BCUT2D eigenvalue weighted by molar-refractivity contribution is 0.0950. The number of pyridine rings is 1. The molecule has 0 aliphatic rings. The SMILES string of the molecule is Cc1ccccc1CNC(=O)c1ccnc(Br)c1. The van der Waals surface area contributed by atoms with Crippen molar-refractivity contribution in [2.24, 2.45) is 0 Å². The van der Waals surface area contributed by atoms with Crippen molar-refractivity contribution in [2.45, 2.75) is 13.5 Å². The number of halogens is 1. The number of nitrogens with zero attached hydrogens (tertiary/aromatic N) is 1. The molecule has 0 fully saturated rings. The van der Waals surface area contributed by atoms with Gasteiger partial charge in [-0.25, -0.2) is 4.98 Å². The Morgan fingerprint density at radius 1 is 1.33 bits per heavy atom. The van der Waals surface area contributed by atoms with Gasteiger partial charge < -0.3 is 5.32 Å². The molecule has 4 heteroatoms. The van der Waals surface area contributed by atoms with Crippen molar-refractivity contribution in [3.8, 4) is 0 Å². The van der Waals surface area contributed by atoms with E-state index in [0.717, 1.165) is 5.56 Å². The van der Waals surface area contributed by atoms with Crippen molar-refractivity contribution in [1.29, 1.82) is 0 Å². The topological polar surface area (TPSA) is 42.0 Å². The highest BCUT2D eigenvalue weighted by Gasteiger charge is 2.06. The number of carbonyl (C=O) groups excluding carboxylic acids is 1. The van der Waals surface area contributed by atoms with Crippen molar-refractivity contribution in [3.05, 3.63) is 63.9 Å². The first kappa shape index (κ1) is 12.8. The van der Waals surface area contributed by atoms with Crippen molar-refractivity contribution in [2.75, 3.05) is 0 Å². The van der Waals surface area contributed by atoms with Crippen LogP contribution in [0.15, 0.2) is 47.2 Å². The Balaban J connectivity index is 2.03. The number of hydrogen-bond acceptors (Lipinski definition) is 2. The van der Waals surface area contributed by atoms with E-state index in [2.05, 4.69) is 26.2 Å². The molecule has 1 heterocycles. The maximum Gasteiger partial charge on any atom is 0.251 e. The highest BCUT2D eigenvalue weighted by atomic mass is 79.9. The monoisotopic (exact) mass is 304 g/mol. The molecule has 0 aliphatic heterocycles. The molecule has 0 bridgehead atoms. The number of rotatable bonds is 3. The highest BCUT2D eigenvalue weighted by molar-refractivity contribution is 9.10. The van der Waals surface area contributed by atoms with E-state index in [9.17, 15) is 4.79 Å². The third-order valence-corrected chi connectivity index (χ3v) is 3.12. The molecule has 3 nitrogen and oxygen atoms in total. The van der Waals surface area contributed by atoms with E-state index in [4.69, 9.17) is 0 Å². The van der Waals surface area contributed by atoms with Gasteiger partial charge in [-0.15, -0.1) is 0 Å². The van der Waals surface area contributed by atoms with Crippen LogP contribution in [-0.4, -0.2) is 10.9 Å². The zero-order chi connectivity index (χ0) is 13.0. The smallest absolute Gasteiger partial charge is 0.251 e. The molecule has 0 unspecified atom stereocenters. The van der Waals surface area contributed by atoms with Crippen LogP contribution in [0, 0.1) is 6.92 Å². The van der Waals surface area contributed by atoms with E-state index in [0.29, 0.717) is 16.7 Å². The van der Waals surface area contributed by atoms with E-state index in [1.54, 1.807) is 18.3 Å². The molecule has 1 aromatic heterocycles. The van der Waals surface area contributed by atoms with Gasteiger partial charge in [0.15, 0.2) is 0 Å². The van der Waals surface area contributed by atoms with Crippen LogP contribution >= 0.6 is 15.9 Å². The van der Waals surface area contributed by atoms with Crippen molar-refractivity contribution >= 4 is 21.8 Å². The van der Waals surface area contributed by atoms with Gasteiger partial charge in [0.05, 0.1) is 0 Å². The highest BCUT2D eigenvalue weighted by Crippen LogP contribution is 2.09. The molecule has 0 radical (unpaired) electrons. The van der Waals surface area contributed by atoms with Gasteiger partial charge in [-0.1, -0.05) is 24.3 Å². The molecule has 0 saturated heterocycles. The van der Waals surface area contributed by atoms with Crippen molar-refractivity contribution in [1.82, 2.24) is 10.3 Å². The molecule has 0 spiro atoms. The zero-order valence-electron chi connectivity index (χ0n) is 9.98. The average molecular weight is 305 g/mol. The van der Waals surface area contributed by atoms with Crippen molar-refractivity contribution < 1.29 is 4.79 Å². The Morgan fingerprint density at radius 3 is 2.83 bits per heavy atom. The fourth-order valence-corrected chi connectivity index (χ4v) is 1.99. The molecule has 1 N–H and O–H groups in total. The molecule has 1 amide bonds. The first-order valence-corrected chi connectivity index (χ1v) is 6.40. The summed E-state index contributed by atoms with van der Waals surface area (Å²) in [5.41, 5.74) is 2.90. The number of benzene rings is 1. The summed E-state index contributed by atoms with van der Waals surface area (Å²) in [6.07, 6.45) is 1.60. The van der Waals surface area contributed by atoms with E-state index >= 15 is 0 Å². The Labute approximate surface area is 114 Å². The van der Waals surface area contributed by atoms with E-state index < -0.39 is 0 Å². The van der Waals surface area contributed by atoms with Gasteiger partial charge >= 0.3 is 0 Å². The number of aryl methyl sites for hydroxylation is 1. The van der Waals surface area contributed by atoms with Gasteiger partial charge in [-0.05, 0) is 46.1 Å². The largest absolute Gasteiger partial charge is 0.348 e. The summed E-state index contributed by atoms with van der Waals surface area (Å²) >= 11 is 3.25. The van der Waals surface area contributed by atoms with Crippen LogP contribution in [0.5, 0.6) is 0 Å². The van der Waals surface area contributed by atoms with Crippen molar-refractivity contribution in [3.63, 3.8) is 0 Å². The predicted octanol–water partition coefficient (Wildman–Crippen LogP) is 3.08. The molecule has 2 rings (SSSR count). The van der Waals surface area contributed by atoms with Crippen LogP contribution < -0.4 is 5.32 Å². The van der Waals surface area contributed by atoms with Gasteiger partial charge in [0.1, 0.15) is 4.60 Å². The van der Waals surface area contributed by atoms with Gasteiger partial charge in [-0.2, -0.15) is 0 Å². The Kier molecular flexibility index (Phi) is 4.10. The molecule has 0 aliphatic carbocycles. The van der Waals surface area contributed by atoms with Crippen LogP contribution in [0.2, 0.25) is 0 Å². The summed E-state index contributed by atoms with van der Waals surface area (Å²) in [5.74, 6) is -0.0960. The maximum absolute atomic E-state index is 11.9. The van der Waals surface area contributed by atoms with E-state index in [1.165, 1.54) is 5.56 Å². The Morgan fingerprint density at radius 2 is 2.11 bits per heavy atom. The van der Waals surface area contributed by atoms with Crippen LogP contribution in [-0.2, 0) is 6.54 Å². The molecule has 2 aromatic rings. The maximum atomic E-state index is 11.9. The third-order valence-electron chi connectivity index (χ3n) is 2.69. The van der Waals surface area contributed by atoms with Gasteiger partial charge in [0.25, 0.3) is 5.91 Å².